The lowest BCUT2D eigenvalue weighted by Gasteiger charge is -2.26. The average molecular weight is 206 g/mol. The van der Waals surface area contributed by atoms with Crippen molar-refractivity contribution in [3.05, 3.63) is 0 Å². The van der Waals surface area contributed by atoms with Crippen LogP contribution in [0.2, 0.25) is 0 Å². The molecule has 0 spiro atoms. The molecular formula is C12H18N2O. The fraction of sp³-hybridized carbons (Fsp3) is 0.833. The summed E-state index contributed by atoms with van der Waals surface area (Å²) >= 11 is 0. The van der Waals surface area contributed by atoms with E-state index in [1.165, 1.54) is 19.3 Å². The molecule has 1 amide bonds. The Bertz CT molecular complexity index is 272. The molecule has 2 aliphatic carbocycles. The summed E-state index contributed by atoms with van der Waals surface area (Å²) in [7, 11) is 0. The summed E-state index contributed by atoms with van der Waals surface area (Å²) in [6, 6.07) is 2.02. The molecule has 0 bridgehead atoms. The zero-order chi connectivity index (χ0) is 10.7. The molecule has 2 aliphatic rings. The first kappa shape index (κ1) is 10.5. The van der Waals surface area contributed by atoms with Gasteiger partial charge in [0, 0.05) is 5.92 Å². The van der Waals surface area contributed by atoms with Crippen LogP contribution >= 0.6 is 0 Å². The van der Waals surface area contributed by atoms with Crippen LogP contribution in [0.4, 0.5) is 0 Å². The number of rotatable bonds is 3. The van der Waals surface area contributed by atoms with E-state index in [0.717, 1.165) is 25.7 Å². The molecule has 0 aliphatic heterocycles. The van der Waals surface area contributed by atoms with Crippen LogP contribution in [0.3, 0.4) is 0 Å². The monoisotopic (exact) mass is 206 g/mol. The van der Waals surface area contributed by atoms with E-state index in [1.807, 2.05) is 0 Å². The van der Waals surface area contributed by atoms with Crippen molar-refractivity contribution < 1.29 is 4.79 Å². The number of nitrogens with zero attached hydrogens (tertiary/aromatic N) is 1. The standard InChI is InChI=1S/C12H18N2O/c13-8-11(9-4-2-1-3-5-9)14-12(15)10-6-7-10/h9-11H,1-7H2,(H,14,15). The SMILES string of the molecule is N#CC(NC(=O)C1CC1)C1CCCCC1. The predicted octanol–water partition coefficient (Wildman–Crippen LogP) is 1.99. The molecule has 2 fully saturated rings. The molecule has 0 aromatic carbocycles. The highest BCUT2D eigenvalue weighted by molar-refractivity contribution is 5.81. The normalized spacial score (nSPS) is 24.2. The lowest BCUT2D eigenvalue weighted by molar-refractivity contribution is -0.123. The van der Waals surface area contributed by atoms with Crippen LogP contribution in [0, 0.1) is 23.2 Å². The molecule has 0 aromatic heterocycles. The van der Waals surface area contributed by atoms with Gasteiger partial charge in [-0.2, -0.15) is 5.26 Å². The Labute approximate surface area is 90.8 Å². The summed E-state index contributed by atoms with van der Waals surface area (Å²) in [5.41, 5.74) is 0. The maximum Gasteiger partial charge on any atom is 0.224 e. The molecule has 15 heavy (non-hydrogen) atoms. The number of carbonyl (C=O) groups excluding carboxylic acids is 1. The zero-order valence-corrected chi connectivity index (χ0v) is 9.04. The minimum atomic E-state index is -0.238. The molecule has 3 nitrogen and oxygen atoms in total. The number of nitriles is 1. The van der Waals surface area contributed by atoms with Crippen molar-refractivity contribution in [3.8, 4) is 6.07 Å². The molecule has 0 heterocycles. The first-order valence-corrected chi connectivity index (χ1v) is 6.01. The van der Waals surface area contributed by atoms with Gasteiger partial charge < -0.3 is 5.32 Å². The van der Waals surface area contributed by atoms with Crippen LogP contribution in [0.1, 0.15) is 44.9 Å². The van der Waals surface area contributed by atoms with E-state index in [0.29, 0.717) is 5.92 Å². The van der Waals surface area contributed by atoms with Crippen molar-refractivity contribution in [2.45, 2.75) is 51.0 Å². The minimum absolute atomic E-state index is 0.104. The van der Waals surface area contributed by atoms with Gasteiger partial charge >= 0.3 is 0 Å². The largest absolute Gasteiger partial charge is 0.340 e. The Morgan fingerprint density at radius 3 is 2.40 bits per heavy atom. The van der Waals surface area contributed by atoms with Crippen LogP contribution in [0.15, 0.2) is 0 Å². The third-order valence-electron chi connectivity index (χ3n) is 3.51. The van der Waals surface area contributed by atoms with Crippen LogP contribution < -0.4 is 5.32 Å². The summed E-state index contributed by atoms with van der Waals surface area (Å²) < 4.78 is 0. The molecule has 2 rings (SSSR count). The van der Waals surface area contributed by atoms with Gasteiger partial charge in [-0.15, -0.1) is 0 Å². The second-order valence-corrected chi connectivity index (χ2v) is 4.79. The molecular weight excluding hydrogens is 188 g/mol. The number of carbonyl (C=O) groups is 1. The van der Waals surface area contributed by atoms with Crippen molar-refractivity contribution in [1.82, 2.24) is 5.32 Å². The molecule has 1 unspecified atom stereocenters. The van der Waals surface area contributed by atoms with E-state index in [-0.39, 0.29) is 17.9 Å². The molecule has 0 aromatic rings. The second-order valence-electron chi connectivity index (χ2n) is 4.79. The quantitative estimate of drug-likeness (QED) is 0.767. The first-order chi connectivity index (χ1) is 7.31. The molecule has 3 heteroatoms. The molecule has 82 valence electrons. The van der Waals surface area contributed by atoms with Gasteiger partial charge in [-0.1, -0.05) is 19.3 Å². The van der Waals surface area contributed by atoms with Crippen molar-refractivity contribution in [2.75, 3.05) is 0 Å². The van der Waals surface area contributed by atoms with Crippen molar-refractivity contribution in [1.29, 1.82) is 5.26 Å². The van der Waals surface area contributed by atoms with E-state index in [1.54, 1.807) is 0 Å². The van der Waals surface area contributed by atoms with E-state index in [4.69, 9.17) is 5.26 Å². The summed E-state index contributed by atoms with van der Waals surface area (Å²) in [6.07, 6.45) is 7.92. The van der Waals surface area contributed by atoms with Gasteiger partial charge in [0.05, 0.1) is 6.07 Å². The summed E-state index contributed by atoms with van der Waals surface area (Å²) in [5, 5.41) is 12.0. The summed E-state index contributed by atoms with van der Waals surface area (Å²) in [6.45, 7) is 0. The van der Waals surface area contributed by atoms with Gasteiger partial charge in [0.25, 0.3) is 0 Å². The number of nitrogens with one attached hydrogen (secondary N) is 1. The Kier molecular flexibility index (Phi) is 3.25. The Morgan fingerprint density at radius 1 is 1.20 bits per heavy atom. The maximum absolute atomic E-state index is 11.6. The number of hydrogen-bond donors (Lipinski definition) is 1. The van der Waals surface area contributed by atoms with Crippen LogP contribution in [-0.4, -0.2) is 11.9 Å². The van der Waals surface area contributed by atoms with Gasteiger partial charge in [-0.25, -0.2) is 0 Å². The van der Waals surface area contributed by atoms with Gasteiger partial charge in [-0.3, -0.25) is 4.79 Å². The van der Waals surface area contributed by atoms with E-state index < -0.39 is 0 Å². The third kappa shape index (κ3) is 2.71. The number of hydrogen-bond acceptors (Lipinski definition) is 2. The molecule has 2 saturated carbocycles. The Balaban J connectivity index is 1.85. The van der Waals surface area contributed by atoms with Crippen LogP contribution in [0.25, 0.3) is 0 Å². The lowest BCUT2D eigenvalue weighted by Crippen LogP contribution is -2.40. The predicted molar refractivity (Wildman–Crippen MR) is 56.8 cm³/mol. The van der Waals surface area contributed by atoms with E-state index >= 15 is 0 Å². The highest BCUT2D eigenvalue weighted by atomic mass is 16.2. The first-order valence-electron chi connectivity index (χ1n) is 6.01. The average Bonchev–Trinajstić information content (AvgIpc) is 3.10. The Morgan fingerprint density at radius 2 is 1.87 bits per heavy atom. The maximum atomic E-state index is 11.6. The van der Waals surface area contributed by atoms with Gasteiger partial charge in [0.1, 0.15) is 6.04 Å². The minimum Gasteiger partial charge on any atom is -0.340 e. The number of amides is 1. The smallest absolute Gasteiger partial charge is 0.224 e. The van der Waals surface area contributed by atoms with Crippen LogP contribution in [-0.2, 0) is 4.79 Å². The lowest BCUT2D eigenvalue weighted by atomic mass is 9.84. The van der Waals surface area contributed by atoms with E-state index in [2.05, 4.69) is 11.4 Å². The van der Waals surface area contributed by atoms with Crippen molar-refractivity contribution in [3.63, 3.8) is 0 Å². The summed E-state index contributed by atoms with van der Waals surface area (Å²) in [4.78, 5) is 11.6. The zero-order valence-electron chi connectivity index (χ0n) is 9.04. The third-order valence-corrected chi connectivity index (χ3v) is 3.51. The van der Waals surface area contributed by atoms with Gasteiger partial charge in [0.15, 0.2) is 0 Å². The molecule has 0 radical (unpaired) electrons. The van der Waals surface area contributed by atoms with Gasteiger partial charge in [0.2, 0.25) is 5.91 Å². The van der Waals surface area contributed by atoms with Crippen molar-refractivity contribution >= 4 is 5.91 Å². The molecule has 1 N–H and O–H groups in total. The van der Waals surface area contributed by atoms with Gasteiger partial charge in [-0.05, 0) is 31.6 Å². The second kappa shape index (κ2) is 4.65. The molecule has 1 atom stereocenters. The topological polar surface area (TPSA) is 52.9 Å². The van der Waals surface area contributed by atoms with E-state index in [9.17, 15) is 4.79 Å². The molecule has 0 saturated heterocycles. The fourth-order valence-electron chi connectivity index (χ4n) is 2.34. The highest BCUT2D eigenvalue weighted by Gasteiger charge is 2.33. The van der Waals surface area contributed by atoms with Crippen LogP contribution in [0.5, 0.6) is 0 Å². The highest BCUT2D eigenvalue weighted by Crippen LogP contribution is 2.30. The fourth-order valence-corrected chi connectivity index (χ4v) is 2.34. The summed E-state index contributed by atoms with van der Waals surface area (Å²) in [5.74, 6) is 0.711. The Hall–Kier alpha value is -1.04. The van der Waals surface area contributed by atoms with Crippen molar-refractivity contribution in [2.24, 2.45) is 11.8 Å².